The summed E-state index contributed by atoms with van der Waals surface area (Å²) in [5.41, 5.74) is 3.22. The Balaban J connectivity index is 2.32. The van der Waals surface area contributed by atoms with Crippen molar-refractivity contribution in [2.75, 3.05) is 19.0 Å². The molecular formula is C16H21N3O. The van der Waals surface area contributed by atoms with Gasteiger partial charge in [-0.15, -0.1) is 0 Å². The largest absolute Gasteiger partial charge is 0.380 e. The van der Waals surface area contributed by atoms with Crippen molar-refractivity contribution in [3.63, 3.8) is 0 Å². The molecule has 20 heavy (non-hydrogen) atoms. The van der Waals surface area contributed by atoms with Gasteiger partial charge >= 0.3 is 0 Å². The van der Waals surface area contributed by atoms with Crippen LogP contribution in [0.3, 0.4) is 0 Å². The van der Waals surface area contributed by atoms with Crippen LogP contribution in [-0.2, 0) is 17.8 Å². The Morgan fingerprint density at radius 3 is 2.45 bits per heavy atom. The van der Waals surface area contributed by atoms with E-state index >= 15 is 0 Å². The molecule has 0 radical (unpaired) electrons. The van der Waals surface area contributed by atoms with Crippen molar-refractivity contribution in [2.45, 2.75) is 26.9 Å². The Kier molecular flexibility index (Phi) is 5.07. The zero-order chi connectivity index (χ0) is 14.4. The molecule has 0 unspecified atom stereocenters. The Labute approximate surface area is 120 Å². The van der Waals surface area contributed by atoms with E-state index in [-0.39, 0.29) is 0 Å². The molecule has 0 aliphatic heterocycles. The number of benzene rings is 1. The van der Waals surface area contributed by atoms with Gasteiger partial charge in [-0.2, -0.15) is 0 Å². The third kappa shape index (κ3) is 3.54. The monoisotopic (exact) mass is 271 g/mol. The van der Waals surface area contributed by atoms with Gasteiger partial charge in [0.05, 0.1) is 6.61 Å². The minimum absolute atomic E-state index is 0.624. The maximum absolute atomic E-state index is 5.12. The van der Waals surface area contributed by atoms with E-state index in [0.717, 1.165) is 41.4 Å². The number of aryl methyl sites for hydroxylation is 1. The van der Waals surface area contributed by atoms with E-state index in [9.17, 15) is 0 Å². The summed E-state index contributed by atoms with van der Waals surface area (Å²) in [5.74, 6) is 1.65. The van der Waals surface area contributed by atoms with Crippen LogP contribution in [-0.4, -0.2) is 23.6 Å². The molecule has 0 bridgehead atoms. The molecule has 1 aromatic heterocycles. The maximum atomic E-state index is 5.12. The number of nitrogens with one attached hydrogen (secondary N) is 1. The fourth-order valence-electron chi connectivity index (χ4n) is 2.00. The number of anilines is 1. The van der Waals surface area contributed by atoms with Crippen LogP contribution in [0.2, 0.25) is 0 Å². The van der Waals surface area contributed by atoms with E-state index in [2.05, 4.69) is 29.1 Å². The Bertz CT molecular complexity index is 552. The van der Waals surface area contributed by atoms with Crippen molar-refractivity contribution in [3.8, 4) is 11.4 Å². The van der Waals surface area contributed by atoms with Crippen LogP contribution in [0.1, 0.15) is 25.1 Å². The van der Waals surface area contributed by atoms with Gasteiger partial charge in [0, 0.05) is 31.0 Å². The number of ether oxygens (including phenoxy) is 1. The molecule has 1 aromatic carbocycles. The summed E-state index contributed by atoms with van der Waals surface area (Å²) >= 11 is 0. The third-order valence-corrected chi connectivity index (χ3v) is 3.02. The standard InChI is InChI=1S/C16H21N3O/c1-4-14-10-15(17-5-2)19-16(18-14)13-8-6-12(7-9-13)11-20-3/h6-10H,4-5,11H2,1-3H3,(H,17,18,19). The highest BCUT2D eigenvalue weighted by Gasteiger charge is 2.06. The van der Waals surface area contributed by atoms with Crippen LogP contribution >= 0.6 is 0 Å². The summed E-state index contributed by atoms with van der Waals surface area (Å²) in [5, 5.41) is 3.25. The van der Waals surface area contributed by atoms with Crippen molar-refractivity contribution < 1.29 is 4.74 Å². The lowest BCUT2D eigenvalue weighted by atomic mass is 10.1. The molecule has 0 amide bonds. The van der Waals surface area contributed by atoms with Gasteiger partial charge in [0.15, 0.2) is 5.82 Å². The second-order valence-electron chi connectivity index (χ2n) is 4.58. The normalized spacial score (nSPS) is 10.6. The molecule has 2 aromatic rings. The number of hydrogen-bond acceptors (Lipinski definition) is 4. The first-order chi connectivity index (χ1) is 9.76. The molecule has 1 heterocycles. The molecular weight excluding hydrogens is 250 g/mol. The van der Waals surface area contributed by atoms with Crippen LogP contribution in [0.15, 0.2) is 30.3 Å². The average Bonchev–Trinajstić information content (AvgIpc) is 2.48. The molecule has 0 saturated carbocycles. The molecule has 0 atom stereocenters. The van der Waals surface area contributed by atoms with Crippen LogP contribution in [0.5, 0.6) is 0 Å². The smallest absolute Gasteiger partial charge is 0.161 e. The zero-order valence-electron chi connectivity index (χ0n) is 12.3. The molecule has 0 spiro atoms. The highest BCUT2D eigenvalue weighted by atomic mass is 16.5. The zero-order valence-corrected chi connectivity index (χ0v) is 12.3. The lowest BCUT2D eigenvalue weighted by molar-refractivity contribution is 0.185. The van der Waals surface area contributed by atoms with E-state index in [1.807, 2.05) is 30.3 Å². The fourth-order valence-corrected chi connectivity index (χ4v) is 2.00. The van der Waals surface area contributed by atoms with E-state index in [1.54, 1.807) is 7.11 Å². The lowest BCUT2D eigenvalue weighted by Gasteiger charge is -2.08. The highest BCUT2D eigenvalue weighted by molar-refractivity contribution is 5.58. The average molecular weight is 271 g/mol. The second-order valence-corrected chi connectivity index (χ2v) is 4.58. The summed E-state index contributed by atoms with van der Waals surface area (Å²) < 4.78 is 5.12. The van der Waals surface area contributed by atoms with Crippen LogP contribution in [0.25, 0.3) is 11.4 Å². The summed E-state index contributed by atoms with van der Waals surface area (Å²) in [6, 6.07) is 10.2. The number of rotatable bonds is 6. The fraction of sp³-hybridized carbons (Fsp3) is 0.375. The lowest BCUT2D eigenvalue weighted by Crippen LogP contribution is -2.03. The van der Waals surface area contributed by atoms with Gasteiger partial charge in [-0.25, -0.2) is 9.97 Å². The minimum atomic E-state index is 0.624. The first-order valence-corrected chi connectivity index (χ1v) is 6.96. The van der Waals surface area contributed by atoms with Crippen LogP contribution in [0, 0.1) is 0 Å². The number of hydrogen-bond donors (Lipinski definition) is 1. The van der Waals surface area contributed by atoms with Gasteiger partial charge in [0.25, 0.3) is 0 Å². The van der Waals surface area contributed by atoms with Crippen molar-refractivity contribution in [1.82, 2.24) is 9.97 Å². The van der Waals surface area contributed by atoms with Gasteiger partial charge < -0.3 is 10.1 Å². The SMILES string of the molecule is CCNc1cc(CC)nc(-c2ccc(COC)cc2)n1. The number of nitrogens with zero attached hydrogens (tertiary/aromatic N) is 2. The molecule has 0 aliphatic rings. The topological polar surface area (TPSA) is 47.0 Å². The molecule has 0 fully saturated rings. The summed E-state index contributed by atoms with van der Waals surface area (Å²) in [7, 11) is 1.70. The quantitative estimate of drug-likeness (QED) is 0.875. The van der Waals surface area contributed by atoms with Gasteiger partial charge in [-0.05, 0) is 18.9 Å². The van der Waals surface area contributed by atoms with E-state index < -0.39 is 0 Å². The van der Waals surface area contributed by atoms with Crippen molar-refractivity contribution >= 4 is 5.82 Å². The van der Waals surface area contributed by atoms with E-state index in [0.29, 0.717) is 6.61 Å². The maximum Gasteiger partial charge on any atom is 0.161 e. The van der Waals surface area contributed by atoms with Crippen molar-refractivity contribution in [3.05, 3.63) is 41.6 Å². The van der Waals surface area contributed by atoms with Crippen LogP contribution in [0.4, 0.5) is 5.82 Å². The van der Waals surface area contributed by atoms with Gasteiger partial charge in [-0.1, -0.05) is 31.2 Å². The predicted molar refractivity (Wildman–Crippen MR) is 81.7 cm³/mol. The van der Waals surface area contributed by atoms with Crippen molar-refractivity contribution in [2.24, 2.45) is 0 Å². The first-order valence-electron chi connectivity index (χ1n) is 6.96. The van der Waals surface area contributed by atoms with E-state index in [1.165, 1.54) is 0 Å². The molecule has 4 nitrogen and oxygen atoms in total. The van der Waals surface area contributed by atoms with Gasteiger partial charge in [0.1, 0.15) is 5.82 Å². The summed E-state index contributed by atoms with van der Waals surface area (Å²) in [6.45, 7) is 5.64. The molecule has 1 N–H and O–H groups in total. The first kappa shape index (κ1) is 14.5. The Hall–Kier alpha value is -1.94. The second kappa shape index (κ2) is 7.01. The molecule has 0 aliphatic carbocycles. The van der Waals surface area contributed by atoms with E-state index in [4.69, 9.17) is 4.74 Å². The number of methoxy groups -OCH3 is 1. The minimum Gasteiger partial charge on any atom is -0.380 e. The Morgan fingerprint density at radius 2 is 1.85 bits per heavy atom. The molecule has 2 rings (SSSR count). The predicted octanol–water partition coefficient (Wildman–Crippen LogP) is 3.28. The van der Waals surface area contributed by atoms with Gasteiger partial charge in [0.2, 0.25) is 0 Å². The summed E-state index contributed by atoms with van der Waals surface area (Å²) in [4.78, 5) is 9.16. The van der Waals surface area contributed by atoms with Gasteiger partial charge in [-0.3, -0.25) is 0 Å². The van der Waals surface area contributed by atoms with Crippen LogP contribution < -0.4 is 5.32 Å². The number of aromatic nitrogens is 2. The Morgan fingerprint density at radius 1 is 1.10 bits per heavy atom. The molecule has 0 saturated heterocycles. The van der Waals surface area contributed by atoms with Crippen molar-refractivity contribution in [1.29, 1.82) is 0 Å². The molecule has 4 heteroatoms. The summed E-state index contributed by atoms with van der Waals surface area (Å²) in [6.07, 6.45) is 0.898. The highest BCUT2D eigenvalue weighted by Crippen LogP contribution is 2.19. The third-order valence-electron chi connectivity index (χ3n) is 3.02. The molecule has 106 valence electrons.